The number of nitrogens with one attached hydrogen (secondary N) is 1. The zero-order valence-corrected chi connectivity index (χ0v) is 12.2. The Kier molecular flexibility index (Phi) is 4.75. The molecular weight excluding hydrogens is 230 g/mol. The average Bonchev–Trinajstić information content (AvgIpc) is 2.41. The quantitative estimate of drug-likeness (QED) is 0.796. The van der Waals surface area contributed by atoms with Gasteiger partial charge >= 0.3 is 0 Å². The lowest BCUT2D eigenvalue weighted by molar-refractivity contribution is 0.686. The molecule has 2 aromatic rings. The van der Waals surface area contributed by atoms with Crippen LogP contribution < -0.4 is 5.32 Å². The Morgan fingerprint density at radius 2 is 1.47 bits per heavy atom. The first-order chi connectivity index (χ1) is 9.15. The summed E-state index contributed by atoms with van der Waals surface area (Å²) in [6.07, 6.45) is 1.09. The molecule has 0 bridgehead atoms. The number of hydrogen-bond acceptors (Lipinski definition) is 1. The molecule has 1 heteroatoms. The highest BCUT2D eigenvalue weighted by molar-refractivity contribution is 5.30. The summed E-state index contributed by atoms with van der Waals surface area (Å²) < 4.78 is 0. The van der Waals surface area contributed by atoms with E-state index in [0.29, 0.717) is 0 Å². The number of aryl methyl sites for hydroxylation is 3. The van der Waals surface area contributed by atoms with Crippen molar-refractivity contribution in [2.45, 2.75) is 33.7 Å². The van der Waals surface area contributed by atoms with Crippen LogP contribution >= 0.6 is 0 Å². The van der Waals surface area contributed by atoms with Gasteiger partial charge in [0, 0.05) is 6.54 Å². The van der Waals surface area contributed by atoms with Gasteiger partial charge in [0.1, 0.15) is 0 Å². The number of rotatable bonds is 5. The fraction of sp³-hybridized carbons (Fsp3) is 0.333. The van der Waals surface area contributed by atoms with Crippen LogP contribution in [0.25, 0.3) is 0 Å². The molecule has 100 valence electrons. The second-order valence-corrected chi connectivity index (χ2v) is 5.33. The smallest absolute Gasteiger partial charge is 0.0205 e. The van der Waals surface area contributed by atoms with Crippen LogP contribution in [-0.2, 0) is 13.0 Å². The SMILES string of the molecule is Cc1ccc(CNCCc2ccc(C)c(C)c2)cc1. The first kappa shape index (κ1) is 13.8. The van der Waals surface area contributed by atoms with Crippen molar-refractivity contribution >= 4 is 0 Å². The lowest BCUT2D eigenvalue weighted by Gasteiger charge is -2.07. The molecule has 0 fully saturated rings. The van der Waals surface area contributed by atoms with Gasteiger partial charge in [0.25, 0.3) is 0 Å². The Morgan fingerprint density at radius 3 is 2.16 bits per heavy atom. The molecule has 0 heterocycles. The number of hydrogen-bond donors (Lipinski definition) is 1. The van der Waals surface area contributed by atoms with Crippen LogP contribution in [0, 0.1) is 20.8 Å². The van der Waals surface area contributed by atoms with Gasteiger partial charge in [0.15, 0.2) is 0 Å². The number of benzene rings is 2. The van der Waals surface area contributed by atoms with Gasteiger partial charge < -0.3 is 5.32 Å². The molecule has 0 aliphatic rings. The van der Waals surface area contributed by atoms with Crippen LogP contribution in [0.1, 0.15) is 27.8 Å². The van der Waals surface area contributed by atoms with Gasteiger partial charge in [-0.05, 0) is 56.0 Å². The van der Waals surface area contributed by atoms with Gasteiger partial charge in [-0.2, -0.15) is 0 Å². The molecule has 0 spiro atoms. The van der Waals surface area contributed by atoms with E-state index in [9.17, 15) is 0 Å². The minimum Gasteiger partial charge on any atom is -0.312 e. The molecule has 2 rings (SSSR count). The van der Waals surface area contributed by atoms with E-state index in [2.05, 4.69) is 68.6 Å². The molecule has 0 amide bonds. The van der Waals surface area contributed by atoms with Crippen LogP contribution in [0.15, 0.2) is 42.5 Å². The zero-order valence-electron chi connectivity index (χ0n) is 12.2. The lowest BCUT2D eigenvalue weighted by atomic mass is 10.0. The van der Waals surface area contributed by atoms with Crippen molar-refractivity contribution in [1.82, 2.24) is 5.32 Å². The molecule has 0 unspecified atom stereocenters. The van der Waals surface area contributed by atoms with Crippen molar-refractivity contribution in [3.63, 3.8) is 0 Å². The third-order valence-electron chi connectivity index (χ3n) is 3.61. The molecule has 0 aliphatic heterocycles. The minimum atomic E-state index is 0.950. The maximum atomic E-state index is 3.50. The summed E-state index contributed by atoms with van der Waals surface area (Å²) in [5.74, 6) is 0. The molecule has 0 aromatic heterocycles. The third kappa shape index (κ3) is 4.22. The van der Waals surface area contributed by atoms with Gasteiger partial charge in [-0.1, -0.05) is 48.0 Å². The maximum Gasteiger partial charge on any atom is 0.0205 e. The van der Waals surface area contributed by atoms with Crippen molar-refractivity contribution in [2.75, 3.05) is 6.54 Å². The highest BCUT2D eigenvalue weighted by atomic mass is 14.8. The Labute approximate surface area is 116 Å². The van der Waals surface area contributed by atoms with Gasteiger partial charge in [-0.3, -0.25) is 0 Å². The largest absolute Gasteiger partial charge is 0.312 e. The molecule has 19 heavy (non-hydrogen) atoms. The Balaban J connectivity index is 1.77. The minimum absolute atomic E-state index is 0.950. The molecule has 0 aliphatic carbocycles. The molecular formula is C18H23N. The summed E-state index contributed by atoms with van der Waals surface area (Å²) in [6, 6.07) is 15.5. The summed E-state index contributed by atoms with van der Waals surface area (Å²) in [7, 11) is 0. The van der Waals surface area contributed by atoms with E-state index >= 15 is 0 Å². The summed E-state index contributed by atoms with van der Waals surface area (Å²) in [4.78, 5) is 0. The monoisotopic (exact) mass is 253 g/mol. The summed E-state index contributed by atoms with van der Waals surface area (Å²) in [6.45, 7) is 8.44. The van der Waals surface area contributed by atoms with Crippen LogP contribution in [0.4, 0.5) is 0 Å². The van der Waals surface area contributed by atoms with Crippen molar-refractivity contribution in [3.05, 3.63) is 70.3 Å². The van der Waals surface area contributed by atoms with Crippen molar-refractivity contribution < 1.29 is 0 Å². The first-order valence-electron chi connectivity index (χ1n) is 6.97. The Hall–Kier alpha value is -1.60. The predicted molar refractivity (Wildman–Crippen MR) is 82.5 cm³/mol. The van der Waals surface area contributed by atoms with Crippen LogP contribution in [0.3, 0.4) is 0 Å². The second-order valence-electron chi connectivity index (χ2n) is 5.33. The molecule has 0 saturated heterocycles. The van der Waals surface area contributed by atoms with E-state index in [0.717, 1.165) is 19.5 Å². The van der Waals surface area contributed by atoms with Crippen LogP contribution in [0.5, 0.6) is 0 Å². The lowest BCUT2D eigenvalue weighted by Crippen LogP contribution is -2.16. The standard InChI is InChI=1S/C18H23N/c1-14-4-7-18(8-5-14)13-19-11-10-17-9-6-15(2)16(3)12-17/h4-9,12,19H,10-11,13H2,1-3H3. The van der Waals surface area contributed by atoms with Gasteiger partial charge in [-0.15, -0.1) is 0 Å². The molecule has 0 radical (unpaired) electrons. The molecule has 2 aromatic carbocycles. The predicted octanol–water partition coefficient (Wildman–Crippen LogP) is 3.94. The highest BCUT2D eigenvalue weighted by Crippen LogP contribution is 2.10. The van der Waals surface area contributed by atoms with E-state index in [1.54, 1.807) is 0 Å². The van der Waals surface area contributed by atoms with Crippen molar-refractivity contribution in [2.24, 2.45) is 0 Å². The molecule has 1 nitrogen and oxygen atoms in total. The van der Waals surface area contributed by atoms with E-state index in [-0.39, 0.29) is 0 Å². The summed E-state index contributed by atoms with van der Waals surface area (Å²) >= 11 is 0. The fourth-order valence-corrected chi connectivity index (χ4v) is 2.13. The van der Waals surface area contributed by atoms with E-state index in [4.69, 9.17) is 0 Å². The molecule has 0 saturated carbocycles. The van der Waals surface area contributed by atoms with Gasteiger partial charge in [0.2, 0.25) is 0 Å². The van der Waals surface area contributed by atoms with Crippen molar-refractivity contribution in [3.8, 4) is 0 Å². The molecule has 0 atom stereocenters. The third-order valence-corrected chi connectivity index (χ3v) is 3.61. The second kappa shape index (κ2) is 6.53. The summed E-state index contributed by atoms with van der Waals surface area (Å²) in [5.41, 5.74) is 6.84. The average molecular weight is 253 g/mol. The molecule has 1 N–H and O–H groups in total. The highest BCUT2D eigenvalue weighted by Gasteiger charge is 1.97. The van der Waals surface area contributed by atoms with E-state index < -0.39 is 0 Å². The Morgan fingerprint density at radius 1 is 0.789 bits per heavy atom. The normalized spacial score (nSPS) is 10.7. The Bertz CT molecular complexity index is 526. The maximum absolute atomic E-state index is 3.50. The van der Waals surface area contributed by atoms with Crippen molar-refractivity contribution in [1.29, 1.82) is 0 Å². The van der Waals surface area contributed by atoms with Gasteiger partial charge in [-0.25, -0.2) is 0 Å². The van der Waals surface area contributed by atoms with Gasteiger partial charge in [0.05, 0.1) is 0 Å². The van der Waals surface area contributed by atoms with E-state index in [1.807, 2.05) is 0 Å². The fourth-order valence-electron chi connectivity index (χ4n) is 2.13. The topological polar surface area (TPSA) is 12.0 Å². The van der Waals surface area contributed by atoms with Crippen LogP contribution in [0.2, 0.25) is 0 Å². The van der Waals surface area contributed by atoms with E-state index in [1.165, 1.54) is 27.8 Å². The zero-order chi connectivity index (χ0) is 13.7. The summed E-state index contributed by atoms with van der Waals surface area (Å²) in [5, 5.41) is 3.50. The van der Waals surface area contributed by atoms with Crippen LogP contribution in [-0.4, -0.2) is 6.54 Å². The first-order valence-corrected chi connectivity index (χ1v) is 6.97.